The Labute approximate surface area is 187 Å². The summed E-state index contributed by atoms with van der Waals surface area (Å²) in [6.45, 7) is 17.9. The molecule has 0 spiro atoms. The number of alkyl halides is 3. The van der Waals surface area contributed by atoms with Gasteiger partial charge in [0.1, 0.15) is 11.9 Å². The van der Waals surface area contributed by atoms with Crippen molar-refractivity contribution in [3.63, 3.8) is 0 Å². The van der Waals surface area contributed by atoms with Crippen LogP contribution in [0.25, 0.3) is 0 Å². The highest BCUT2D eigenvalue weighted by Crippen LogP contribution is 2.52. The first-order chi connectivity index (χ1) is 14.3. The lowest BCUT2D eigenvalue weighted by atomic mass is 9.97. The van der Waals surface area contributed by atoms with Crippen LogP contribution in [0.15, 0.2) is 12.1 Å². The van der Waals surface area contributed by atoms with Gasteiger partial charge in [0.2, 0.25) is 0 Å². The molecule has 0 fully saturated rings. The number of halogens is 3. The fraction of sp³-hybridized carbons (Fsp3) is 0.739. The summed E-state index contributed by atoms with van der Waals surface area (Å²) in [5.41, 5.74) is 2.18. The molecule has 182 valence electrons. The highest BCUT2D eigenvalue weighted by Gasteiger charge is 2.32. The molecule has 0 aromatic heterocycles. The fourth-order valence-corrected chi connectivity index (χ4v) is 5.84. The standard InChI is InChI=1S/C23H40F3NO3S/c1-9-31(10-2,11-3)30-20(16-27-12-13-28-22(6,7)8)21-17(4)14-19(15-18(21)5)29-23(24,25)26/h14-15,20,27H,9-13,16H2,1-8H3. The lowest BCUT2D eigenvalue weighted by Crippen LogP contribution is -2.31. The number of nitrogens with one attached hydrogen (secondary N) is 1. The summed E-state index contributed by atoms with van der Waals surface area (Å²) < 4.78 is 54.7. The van der Waals surface area contributed by atoms with Gasteiger partial charge in [0, 0.05) is 13.1 Å². The number of hydrogen-bond acceptors (Lipinski definition) is 4. The maximum atomic E-state index is 12.7. The van der Waals surface area contributed by atoms with E-state index in [1.165, 1.54) is 12.1 Å². The zero-order valence-corrected chi connectivity index (χ0v) is 21.1. The lowest BCUT2D eigenvalue weighted by molar-refractivity contribution is -0.274. The van der Waals surface area contributed by atoms with Crippen LogP contribution < -0.4 is 10.1 Å². The average Bonchev–Trinajstić information content (AvgIpc) is 2.62. The van der Waals surface area contributed by atoms with Crippen molar-refractivity contribution in [1.82, 2.24) is 5.32 Å². The van der Waals surface area contributed by atoms with Crippen LogP contribution in [0, 0.1) is 13.8 Å². The van der Waals surface area contributed by atoms with E-state index in [4.69, 9.17) is 8.92 Å². The minimum atomic E-state index is -4.71. The van der Waals surface area contributed by atoms with E-state index in [0.29, 0.717) is 19.7 Å². The van der Waals surface area contributed by atoms with Gasteiger partial charge in [0.15, 0.2) is 0 Å². The van der Waals surface area contributed by atoms with Crippen LogP contribution in [0.4, 0.5) is 13.2 Å². The zero-order chi connectivity index (χ0) is 23.9. The van der Waals surface area contributed by atoms with Crippen molar-refractivity contribution >= 4 is 10.3 Å². The second-order valence-electron chi connectivity index (χ2n) is 8.60. The van der Waals surface area contributed by atoms with Gasteiger partial charge in [-0.15, -0.1) is 23.5 Å². The summed E-state index contributed by atoms with van der Waals surface area (Å²) >= 11 is 0. The van der Waals surface area contributed by atoms with Gasteiger partial charge < -0.3 is 19.0 Å². The van der Waals surface area contributed by atoms with Gasteiger partial charge >= 0.3 is 6.36 Å². The molecule has 0 bridgehead atoms. The van der Waals surface area contributed by atoms with E-state index in [1.807, 2.05) is 34.6 Å². The Morgan fingerprint density at radius 2 is 1.48 bits per heavy atom. The minimum absolute atomic E-state index is 0.198. The van der Waals surface area contributed by atoms with Crippen molar-refractivity contribution in [1.29, 1.82) is 0 Å². The van der Waals surface area contributed by atoms with Crippen LogP contribution in [0.5, 0.6) is 5.75 Å². The Kier molecular flexibility index (Phi) is 10.7. The van der Waals surface area contributed by atoms with Crippen molar-refractivity contribution in [3.05, 3.63) is 28.8 Å². The molecule has 0 heterocycles. The van der Waals surface area contributed by atoms with Gasteiger partial charge in [-0.1, -0.05) is 20.8 Å². The molecule has 31 heavy (non-hydrogen) atoms. The summed E-state index contributed by atoms with van der Waals surface area (Å²) in [6.07, 6.45) is -4.97. The van der Waals surface area contributed by atoms with Gasteiger partial charge in [-0.2, -0.15) is 0 Å². The zero-order valence-electron chi connectivity index (χ0n) is 20.2. The largest absolute Gasteiger partial charge is 0.573 e. The first kappa shape index (κ1) is 28.1. The molecule has 1 N–H and O–H groups in total. The smallest absolute Gasteiger partial charge is 0.406 e. The summed E-state index contributed by atoms with van der Waals surface area (Å²) in [7, 11) is -1.28. The number of ether oxygens (including phenoxy) is 2. The molecule has 0 radical (unpaired) electrons. The summed E-state index contributed by atoms with van der Waals surface area (Å²) in [5.74, 6) is 2.63. The minimum Gasteiger partial charge on any atom is -0.406 e. The molecule has 0 aliphatic carbocycles. The van der Waals surface area contributed by atoms with Crippen LogP contribution >= 0.6 is 10.3 Å². The van der Waals surface area contributed by atoms with Gasteiger partial charge in [-0.25, -0.2) is 0 Å². The highest BCUT2D eigenvalue weighted by atomic mass is 32.3. The first-order valence-corrected chi connectivity index (χ1v) is 13.0. The summed E-state index contributed by atoms with van der Waals surface area (Å²) in [5, 5.41) is 3.41. The monoisotopic (exact) mass is 467 g/mol. The molecule has 0 aliphatic heterocycles. The molecule has 1 rings (SSSR count). The van der Waals surface area contributed by atoms with Crippen LogP contribution in [-0.2, 0) is 8.92 Å². The topological polar surface area (TPSA) is 39.7 Å². The van der Waals surface area contributed by atoms with E-state index in [2.05, 4.69) is 30.8 Å². The highest BCUT2D eigenvalue weighted by molar-refractivity contribution is 8.29. The Hall–Kier alpha value is -0.960. The third-order valence-electron chi connectivity index (χ3n) is 5.16. The molecular formula is C23H40F3NO3S. The van der Waals surface area contributed by atoms with Crippen molar-refractivity contribution in [2.24, 2.45) is 0 Å². The number of hydrogen-bond donors (Lipinski definition) is 1. The van der Waals surface area contributed by atoms with E-state index >= 15 is 0 Å². The van der Waals surface area contributed by atoms with Crippen molar-refractivity contribution in [2.45, 2.75) is 73.5 Å². The van der Waals surface area contributed by atoms with Crippen molar-refractivity contribution < 1.29 is 26.8 Å². The summed E-state index contributed by atoms with van der Waals surface area (Å²) in [4.78, 5) is 0. The Morgan fingerprint density at radius 1 is 0.968 bits per heavy atom. The first-order valence-electron chi connectivity index (χ1n) is 10.9. The number of benzene rings is 1. The molecule has 0 aliphatic rings. The normalized spacial score (nSPS) is 14.5. The van der Waals surface area contributed by atoms with Crippen LogP contribution in [0.2, 0.25) is 0 Å². The van der Waals surface area contributed by atoms with Crippen LogP contribution in [0.3, 0.4) is 0 Å². The lowest BCUT2D eigenvalue weighted by Gasteiger charge is -2.41. The van der Waals surface area contributed by atoms with E-state index in [0.717, 1.165) is 33.9 Å². The molecule has 1 atom stereocenters. The Bertz CT molecular complexity index is 654. The number of rotatable bonds is 12. The predicted octanol–water partition coefficient (Wildman–Crippen LogP) is 6.44. The molecule has 8 heteroatoms. The fourth-order valence-electron chi connectivity index (χ4n) is 3.55. The second-order valence-corrected chi connectivity index (χ2v) is 12.5. The maximum absolute atomic E-state index is 12.7. The van der Waals surface area contributed by atoms with E-state index in [9.17, 15) is 13.2 Å². The van der Waals surface area contributed by atoms with Crippen LogP contribution in [0.1, 0.15) is 64.3 Å². The molecular weight excluding hydrogens is 427 g/mol. The molecule has 0 amide bonds. The van der Waals surface area contributed by atoms with Crippen LogP contribution in [-0.4, -0.2) is 48.9 Å². The molecule has 1 aromatic rings. The maximum Gasteiger partial charge on any atom is 0.573 e. The van der Waals surface area contributed by atoms with Gasteiger partial charge in [0.05, 0.1) is 12.2 Å². The molecule has 1 unspecified atom stereocenters. The van der Waals surface area contributed by atoms with Crippen molar-refractivity contribution in [2.75, 3.05) is 37.0 Å². The molecule has 1 aromatic carbocycles. The van der Waals surface area contributed by atoms with E-state index < -0.39 is 16.7 Å². The SMILES string of the molecule is CCS(CC)(CC)OC(CNCCOC(C)(C)C)c1c(C)cc(OC(F)(F)F)cc1C. The van der Waals surface area contributed by atoms with Crippen molar-refractivity contribution in [3.8, 4) is 5.75 Å². The third-order valence-corrected chi connectivity index (χ3v) is 8.96. The Balaban J connectivity index is 3.12. The van der Waals surface area contributed by atoms with Gasteiger partial charge in [0.25, 0.3) is 0 Å². The molecule has 4 nitrogen and oxygen atoms in total. The third kappa shape index (κ3) is 9.60. The quantitative estimate of drug-likeness (QED) is 0.359. The second kappa shape index (κ2) is 11.8. The van der Waals surface area contributed by atoms with E-state index in [1.54, 1.807) is 0 Å². The Morgan fingerprint density at radius 3 is 1.90 bits per heavy atom. The van der Waals surface area contributed by atoms with Gasteiger partial charge in [-0.05, 0) is 80.7 Å². The van der Waals surface area contributed by atoms with E-state index in [-0.39, 0.29) is 17.5 Å². The predicted molar refractivity (Wildman–Crippen MR) is 124 cm³/mol. The molecule has 0 saturated heterocycles. The molecule has 0 saturated carbocycles. The van der Waals surface area contributed by atoms with Gasteiger partial charge in [-0.3, -0.25) is 0 Å². The summed E-state index contributed by atoms with van der Waals surface area (Å²) in [6, 6.07) is 2.88. The average molecular weight is 468 g/mol. The number of aryl methyl sites for hydroxylation is 2.